The van der Waals surface area contributed by atoms with Crippen LogP contribution in [0, 0.1) is 13.8 Å². The molecule has 0 unspecified atom stereocenters. The zero-order chi connectivity index (χ0) is 33.7. The fourth-order valence-electron chi connectivity index (χ4n) is 6.70. The maximum absolute atomic E-state index is 5.62. The van der Waals surface area contributed by atoms with Crippen LogP contribution in [-0.2, 0) is 12.8 Å². The highest BCUT2D eigenvalue weighted by Gasteiger charge is 2.26. The van der Waals surface area contributed by atoms with E-state index < -0.39 is 0 Å². The second-order valence-electron chi connectivity index (χ2n) is 13.2. The van der Waals surface area contributed by atoms with Crippen LogP contribution < -0.4 is 0 Å². The summed E-state index contributed by atoms with van der Waals surface area (Å²) in [5.74, 6) is 0. The number of hydrogen-bond acceptors (Lipinski definition) is 7. The molecule has 0 bridgehead atoms. The van der Waals surface area contributed by atoms with Crippen molar-refractivity contribution in [2.24, 2.45) is 0 Å². The number of nitrogens with zero attached hydrogens (tertiary/aromatic N) is 4. The first-order valence-corrected chi connectivity index (χ1v) is 20.2. The molecule has 0 atom stereocenters. The van der Waals surface area contributed by atoms with Crippen molar-refractivity contribution in [1.82, 2.24) is 18.7 Å². The lowest BCUT2D eigenvalue weighted by molar-refractivity contribution is 0.667. The van der Waals surface area contributed by atoms with Gasteiger partial charge >= 0.3 is 0 Å². The molecule has 0 N–H and O–H groups in total. The van der Waals surface area contributed by atoms with E-state index in [-0.39, 0.29) is 0 Å². The minimum Gasteiger partial charge on any atom is -0.243 e. The monoisotopic (exact) mass is 700 g/mol. The Bertz CT molecular complexity index is 2020. The summed E-state index contributed by atoms with van der Waals surface area (Å²) in [6.07, 6.45) is 12.3. The second-order valence-corrected chi connectivity index (χ2v) is 16.3. The molecule has 7 heteroatoms. The van der Waals surface area contributed by atoms with Gasteiger partial charge in [-0.15, -0.1) is 22.7 Å². The lowest BCUT2D eigenvalue weighted by Crippen LogP contribution is -2.00. The topological polar surface area (TPSA) is 51.6 Å². The van der Waals surface area contributed by atoms with E-state index >= 15 is 0 Å². The van der Waals surface area contributed by atoms with Gasteiger partial charge in [0.15, 0.2) is 0 Å². The van der Waals surface area contributed by atoms with Crippen LogP contribution in [0.2, 0.25) is 0 Å². The van der Waals surface area contributed by atoms with E-state index in [1.165, 1.54) is 84.0 Å². The molecule has 0 saturated heterocycles. The zero-order valence-electron chi connectivity index (χ0n) is 29.0. The molecule has 0 amide bonds. The lowest BCUT2D eigenvalue weighted by Gasteiger charge is -2.16. The molecule has 49 heavy (non-hydrogen) atoms. The Balaban J connectivity index is 1.44. The third-order valence-electron chi connectivity index (χ3n) is 9.40. The van der Waals surface area contributed by atoms with Gasteiger partial charge in [-0.25, -0.2) is 9.97 Å². The SMILES string of the molecule is CCCCCCc1ccc(-c2nc3c(-c4ccc(C)s4)c4nsnc4c(-c4ccc(C)s4)c3nc2-c2ccc(CCCCCC)cc2)cc1. The van der Waals surface area contributed by atoms with Crippen molar-refractivity contribution in [3.63, 3.8) is 0 Å². The largest absolute Gasteiger partial charge is 0.243 e. The van der Waals surface area contributed by atoms with Crippen LogP contribution in [0.15, 0.2) is 72.8 Å². The Labute approximate surface area is 302 Å². The number of rotatable bonds is 14. The van der Waals surface area contributed by atoms with E-state index in [2.05, 4.69) is 100 Å². The van der Waals surface area contributed by atoms with Gasteiger partial charge in [0.05, 0.1) is 23.1 Å². The van der Waals surface area contributed by atoms with Crippen LogP contribution in [0.25, 0.3) is 65.5 Å². The van der Waals surface area contributed by atoms with Crippen molar-refractivity contribution in [2.75, 3.05) is 0 Å². The van der Waals surface area contributed by atoms with Crippen molar-refractivity contribution in [2.45, 2.75) is 91.9 Å². The molecule has 7 aromatic rings. The molecule has 4 aromatic heterocycles. The molecule has 4 nitrogen and oxygen atoms in total. The van der Waals surface area contributed by atoms with Crippen molar-refractivity contribution < 1.29 is 0 Å². The van der Waals surface area contributed by atoms with E-state index in [1.807, 2.05) is 0 Å². The van der Waals surface area contributed by atoms with E-state index in [4.69, 9.17) is 18.7 Å². The van der Waals surface area contributed by atoms with E-state index in [9.17, 15) is 0 Å². The Morgan fingerprint density at radius 1 is 0.469 bits per heavy atom. The molecule has 0 aliphatic rings. The molecule has 3 aromatic carbocycles. The van der Waals surface area contributed by atoms with Crippen LogP contribution in [-0.4, -0.2) is 18.7 Å². The van der Waals surface area contributed by atoms with Crippen LogP contribution in [0.4, 0.5) is 0 Å². The Morgan fingerprint density at radius 3 is 1.27 bits per heavy atom. The average Bonchev–Trinajstić information content (AvgIpc) is 3.89. The van der Waals surface area contributed by atoms with Gasteiger partial charge < -0.3 is 0 Å². The predicted octanol–water partition coefficient (Wildman–Crippen LogP) is 13.3. The van der Waals surface area contributed by atoms with Gasteiger partial charge in [0.1, 0.15) is 22.1 Å². The number of thiophene rings is 2. The van der Waals surface area contributed by atoms with Crippen LogP contribution in [0.5, 0.6) is 0 Å². The predicted molar refractivity (Wildman–Crippen MR) is 213 cm³/mol. The highest BCUT2D eigenvalue weighted by molar-refractivity contribution is 7.16. The van der Waals surface area contributed by atoms with Gasteiger partial charge in [0, 0.05) is 41.8 Å². The summed E-state index contributed by atoms with van der Waals surface area (Å²) in [5, 5.41) is 0. The number of hydrogen-bond donors (Lipinski definition) is 0. The van der Waals surface area contributed by atoms with Crippen molar-refractivity contribution >= 4 is 56.5 Å². The second kappa shape index (κ2) is 15.4. The number of unbranched alkanes of at least 4 members (excludes halogenated alkanes) is 6. The minimum absolute atomic E-state index is 0.887. The summed E-state index contributed by atoms with van der Waals surface area (Å²) >= 11 is 4.83. The van der Waals surface area contributed by atoms with Crippen LogP contribution >= 0.6 is 34.4 Å². The Morgan fingerprint density at radius 2 is 0.898 bits per heavy atom. The van der Waals surface area contributed by atoms with Crippen LogP contribution in [0.3, 0.4) is 0 Å². The summed E-state index contributed by atoms with van der Waals surface area (Å²) < 4.78 is 9.81. The summed E-state index contributed by atoms with van der Waals surface area (Å²) in [4.78, 5) is 16.1. The highest BCUT2D eigenvalue weighted by Crippen LogP contribution is 2.46. The third kappa shape index (κ3) is 7.26. The Kier molecular flexibility index (Phi) is 10.6. The number of aryl methyl sites for hydroxylation is 4. The van der Waals surface area contributed by atoms with Crippen molar-refractivity contribution in [3.05, 3.63) is 93.7 Å². The molecule has 4 heterocycles. The Hall–Kier alpha value is -3.78. The first kappa shape index (κ1) is 33.7. The van der Waals surface area contributed by atoms with Gasteiger partial charge in [-0.05, 0) is 74.9 Å². The average molecular weight is 701 g/mol. The van der Waals surface area contributed by atoms with E-state index in [0.29, 0.717) is 0 Å². The molecular weight excluding hydrogens is 657 g/mol. The van der Waals surface area contributed by atoms with Gasteiger partial charge in [-0.3, -0.25) is 0 Å². The van der Waals surface area contributed by atoms with Gasteiger partial charge in [0.25, 0.3) is 0 Å². The maximum atomic E-state index is 5.62. The fourth-order valence-corrected chi connectivity index (χ4v) is 9.09. The number of fused-ring (bicyclic) bond motifs is 2. The number of aromatic nitrogens is 4. The first-order valence-electron chi connectivity index (χ1n) is 17.9. The van der Waals surface area contributed by atoms with Crippen molar-refractivity contribution in [3.8, 4) is 43.4 Å². The quantitative estimate of drug-likeness (QED) is 0.106. The molecular formula is C42H44N4S3. The fraction of sp³-hybridized carbons (Fsp3) is 0.333. The third-order valence-corrected chi connectivity index (χ3v) is 12.0. The molecule has 0 saturated carbocycles. The first-order chi connectivity index (χ1) is 24.0. The summed E-state index contributed by atoms with van der Waals surface area (Å²) in [6, 6.07) is 26.9. The highest BCUT2D eigenvalue weighted by atomic mass is 32.1. The zero-order valence-corrected chi connectivity index (χ0v) is 31.5. The summed E-state index contributed by atoms with van der Waals surface area (Å²) in [5.41, 5.74) is 12.4. The normalized spacial score (nSPS) is 11.7. The summed E-state index contributed by atoms with van der Waals surface area (Å²) in [6.45, 7) is 8.84. The van der Waals surface area contributed by atoms with Crippen LogP contribution in [0.1, 0.15) is 86.1 Å². The van der Waals surface area contributed by atoms with E-state index in [0.717, 1.165) is 78.3 Å². The molecule has 0 fully saturated rings. The van der Waals surface area contributed by atoms with Gasteiger partial charge in [-0.1, -0.05) is 101 Å². The maximum Gasteiger partial charge on any atom is 0.116 e. The molecule has 0 aliphatic carbocycles. The molecule has 0 aliphatic heterocycles. The smallest absolute Gasteiger partial charge is 0.116 e. The van der Waals surface area contributed by atoms with E-state index in [1.54, 1.807) is 22.7 Å². The van der Waals surface area contributed by atoms with Gasteiger partial charge in [0.2, 0.25) is 0 Å². The number of benzene rings is 3. The lowest BCUT2D eigenvalue weighted by atomic mass is 9.97. The molecule has 7 rings (SSSR count). The minimum atomic E-state index is 0.887. The molecule has 250 valence electrons. The van der Waals surface area contributed by atoms with Gasteiger partial charge in [-0.2, -0.15) is 8.75 Å². The van der Waals surface area contributed by atoms with Crippen molar-refractivity contribution in [1.29, 1.82) is 0 Å². The molecule has 0 radical (unpaired) electrons. The molecule has 0 spiro atoms. The summed E-state index contributed by atoms with van der Waals surface area (Å²) in [7, 11) is 0. The standard InChI is InChI=1S/C42H44N4S3/c1-5-7-9-11-13-29-17-21-31(22-18-29)37-38(32-23-19-30(20-24-32)14-12-10-8-6-2)44-40-36(34-26-16-28(4)48-34)42-41(45-49-46-42)35(39(40)43-37)33-25-15-27(3)47-33/h15-26H,5-14H2,1-4H3.